The molecule has 1 saturated heterocycles. The van der Waals surface area contributed by atoms with E-state index in [9.17, 15) is 0 Å². The van der Waals surface area contributed by atoms with Crippen molar-refractivity contribution in [1.82, 2.24) is 5.32 Å². The number of unbranched alkanes of at least 4 members (excludes halogenated alkanes) is 5. The van der Waals surface area contributed by atoms with Gasteiger partial charge in [-0.1, -0.05) is 58.8 Å². The van der Waals surface area contributed by atoms with Gasteiger partial charge in [0.2, 0.25) is 0 Å². The van der Waals surface area contributed by atoms with Crippen molar-refractivity contribution >= 4 is 0 Å². The topological polar surface area (TPSA) is 47.3 Å². The van der Waals surface area contributed by atoms with Crippen LogP contribution < -0.4 is 11.1 Å². The molecule has 0 bridgehead atoms. The highest BCUT2D eigenvalue weighted by Crippen LogP contribution is 2.18. The van der Waals surface area contributed by atoms with E-state index >= 15 is 0 Å². The summed E-state index contributed by atoms with van der Waals surface area (Å²) in [6, 6.07) is 0.630. The zero-order chi connectivity index (χ0) is 13.2. The molecule has 0 aliphatic carbocycles. The first-order valence-corrected chi connectivity index (χ1v) is 7.93. The Bertz CT molecular complexity index is 193. The van der Waals surface area contributed by atoms with E-state index in [1.165, 1.54) is 57.8 Å². The maximum Gasteiger partial charge on any atom is 0.114 e. The van der Waals surface area contributed by atoms with E-state index in [0.717, 1.165) is 6.42 Å². The van der Waals surface area contributed by atoms with Crippen molar-refractivity contribution in [3.05, 3.63) is 0 Å². The third-order valence-electron chi connectivity index (χ3n) is 3.77. The van der Waals surface area contributed by atoms with Crippen LogP contribution in [0.15, 0.2) is 0 Å². The van der Waals surface area contributed by atoms with Gasteiger partial charge in [0.1, 0.15) is 12.5 Å². The summed E-state index contributed by atoms with van der Waals surface area (Å²) in [6.45, 7) is 4.53. The van der Waals surface area contributed by atoms with Crippen molar-refractivity contribution in [2.24, 2.45) is 5.73 Å². The van der Waals surface area contributed by atoms with Crippen molar-refractivity contribution in [3.8, 4) is 0 Å². The Morgan fingerprint density at radius 3 is 2.17 bits per heavy atom. The van der Waals surface area contributed by atoms with E-state index in [1.807, 2.05) is 0 Å². The molecule has 0 aromatic heterocycles. The van der Waals surface area contributed by atoms with Gasteiger partial charge >= 0.3 is 0 Å². The maximum atomic E-state index is 5.64. The number of hydrogen-bond acceptors (Lipinski definition) is 3. The first kappa shape index (κ1) is 15.9. The van der Waals surface area contributed by atoms with Gasteiger partial charge in [-0.05, 0) is 12.8 Å². The van der Waals surface area contributed by atoms with Crippen molar-refractivity contribution in [2.75, 3.05) is 0 Å². The molecule has 3 N–H and O–H groups in total. The van der Waals surface area contributed by atoms with Crippen LogP contribution in [-0.4, -0.2) is 18.5 Å². The molecule has 3 nitrogen and oxygen atoms in total. The molecular weight excluding hydrogens is 224 g/mol. The molecule has 1 aliphatic rings. The lowest BCUT2D eigenvalue weighted by Gasteiger charge is -2.36. The third-order valence-corrected chi connectivity index (χ3v) is 3.77. The molecule has 0 amide bonds. The highest BCUT2D eigenvalue weighted by molar-refractivity contribution is 4.76. The summed E-state index contributed by atoms with van der Waals surface area (Å²) in [5.41, 5.74) is 5.64. The summed E-state index contributed by atoms with van der Waals surface area (Å²) in [6.07, 6.45) is 13.1. The molecule has 0 radical (unpaired) electrons. The number of nitrogens with two attached hydrogens (primary N) is 1. The van der Waals surface area contributed by atoms with Gasteiger partial charge in [-0.3, -0.25) is 5.32 Å². The quantitative estimate of drug-likeness (QED) is 0.556. The molecule has 0 aromatic carbocycles. The fraction of sp³-hybridized carbons (Fsp3) is 1.00. The van der Waals surface area contributed by atoms with E-state index in [4.69, 9.17) is 10.5 Å². The minimum atomic E-state index is -0.0288. The normalized spacial score (nSPS) is 24.8. The van der Waals surface area contributed by atoms with Crippen molar-refractivity contribution in [2.45, 2.75) is 96.6 Å². The fourth-order valence-electron chi connectivity index (χ4n) is 2.55. The minimum Gasteiger partial charge on any atom is -0.345 e. The molecule has 0 saturated carbocycles. The Balaban J connectivity index is 2.14. The second kappa shape index (κ2) is 9.76. The van der Waals surface area contributed by atoms with E-state index < -0.39 is 0 Å². The van der Waals surface area contributed by atoms with Crippen LogP contribution in [0.4, 0.5) is 0 Å². The van der Waals surface area contributed by atoms with Crippen LogP contribution >= 0.6 is 0 Å². The monoisotopic (exact) mass is 256 g/mol. The van der Waals surface area contributed by atoms with Gasteiger partial charge in [-0.15, -0.1) is 0 Å². The maximum absolute atomic E-state index is 5.64. The third kappa shape index (κ3) is 6.72. The van der Waals surface area contributed by atoms with Crippen LogP contribution in [0.5, 0.6) is 0 Å². The van der Waals surface area contributed by atoms with Gasteiger partial charge < -0.3 is 10.5 Å². The van der Waals surface area contributed by atoms with Gasteiger partial charge in [0, 0.05) is 12.5 Å². The summed E-state index contributed by atoms with van der Waals surface area (Å²) in [5.74, 6) is 0. The zero-order valence-corrected chi connectivity index (χ0v) is 12.3. The molecule has 1 heterocycles. The first-order valence-electron chi connectivity index (χ1n) is 7.93. The van der Waals surface area contributed by atoms with Crippen LogP contribution in [0.2, 0.25) is 0 Å². The fourth-order valence-corrected chi connectivity index (χ4v) is 2.55. The van der Waals surface area contributed by atoms with Crippen molar-refractivity contribution in [1.29, 1.82) is 0 Å². The highest BCUT2D eigenvalue weighted by Gasteiger charge is 2.28. The van der Waals surface area contributed by atoms with Crippen LogP contribution in [0, 0.1) is 0 Å². The molecule has 3 heteroatoms. The Kier molecular flexibility index (Phi) is 8.64. The summed E-state index contributed by atoms with van der Waals surface area (Å²) < 4.78 is 5.47. The molecule has 108 valence electrons. The summed E-state index contributed by atoms with van der Waals surface area (Å²) in [4.78, 5) is 0. The van der Waals surface area contributed by atoms with E-state index in [2.05, 4.69) is 19.2 Å². The summed E-state index contributed by atoms with van der Waals surface area (Å²) in [7, 11) is 0. The molecule has 0 spiro atoms. The predicted molar refractivity (Wildman–Crippen MR) is 77.3 cm³/mol. The van der Waals surface area contributed by atoms with Gasteiger partial charge in [-0.2, -0.15) is 0 Å². The summed E-state index contributed by atoms with van der Waals surface area (Å²) >= 11 is 0. The van der Waals surface area contributed by atoms with Crippen molar-refractivity contribution < 1.29 is 4.74 Å². The lowest BCUT2D eigenvalue weighted by Crippen LogP contribution is -2.54. The smallest absolute Gasteiger partial charge is 0.114 e. The number of hydrogen-bond donors (Lipinski definition) is 2. The second-order valence-electron chi connectivity index (χ2n) is 5.61. The van der Waals surface area contributed by atoms with E-state index in [1.54, 1.807) is 0 Å². The average molecular weight is 256 g/mol. The van der Waals surface area contributed by atoms with Crippen molar-refractivity contribution in [3.63, 3.8) is 0 Å². The Morgan fingerprint density at radius 1 is 1.06 bits per heavy atom. The second-order valence-corrected chi connectivity index (χ2v) is 5.61. The van der Waals surface area contributed by atoms with Gasteiger partial charge in [-0.25, -0.2) is 0 Å². The van der Waals surface area contributed by atoms with Crippen LogP contribution in [0.3, 0.4) is 0 Å². The molecule has 1 aliphatic heterocycles. The first-order chi connectivity index (χ1) is 8.76. The average Bonchev–Trinajstić information content (AvgIpc) is 2.32. The van der Waals surface area contributed by atoms with Crippen LogP contribution in [0.1, 0.15) is 78.1 Å². The molecular formula is C15H32N2O. The number of nitrogens with one attached hydrogen (secondary N) is 1. The van der Waals surface area contributed by atoms with Gasteiger partial charge in [0.25, 0.3) is 0 Å². The van der Waals surface area contributed by atoms with E-state index in [0.29, 0.717) is 6.04 Å². The molecule has 3 atom stereocenters. The van der Waals surface area contributed by atoms with E-state index in [-0.39, 0.29) is 12.5 Å². The van der Waals surface area contributed by atoms with Gasteiger partial charge in [0.15, 0.2) is 0 Å². The lowest BCUT2D eigenvalue weighted by molar-refractivity contribution is -0.141. The Labute approximate surface area is 113 Å². The lowest BCUT2D eigenvalue weighted by atomic mass is 10.0. The van der Waals surface area contributed by atoms with Crippen LogP contribution in [-0.2, 0) is 4.74 Å². The Hall–Kier alpha value is -0.120. The largest absolute Gasteiger partial charge is 0.345 e. The molecule has 0 aromatic rings. The molecule has 1 fully saturated rings. The zero-order valence-electron chi connectivity index (χ0n) is 12.3. The number of ether oxygens (including phenoxy) is 1. The molecule has 18 heavy (non-hydrogen) atoms. The SMILES string of the molecule is CCCCCCC(CCCCC)NC1CC(N)O1. The van der Waals surface area contributed by atoms with Crippen LogP contribution in [0.25, 0.3) is 0 Å². The predicted octanol–water partition coefficient (Wildman–Crippen LogP) is 3.53. The summed E-state index contributed by atoms with van der Waals surface area (Å²) in [5, 5.41) is 3.62. The Morgan fingerprint density at radius 2 is 1.61 bits per heavy atom. The highest BCUT2D eigenvalue weighted by atomic mass is 16.5. The minimum absolute atomic E-state index is 0.0288. The standard InChI is InChI=1S/C15H32N2O/c1-3-5-7-9-11-13(10-8-6-4-2)17-15-12-14(16)18-15/h13-15,17H,3-12,16H2,1-2H3. The molecule has 3 unspecified atom stereocenters. The van der Waals surface area contributed by atoms with Gasteiger partial charge in [0.05, 0.1) is 0 Å². The molecule has 1 rings (SSSR count). The number of rotatable bonds is 11.